The van der Waals surface area contributed by atoms with Crippen LogP contribution in [0.1, 0.15) is 17.2 Å². The Hall–Kier alpha value is -3.11. The lowest BCUT2D eigenvalue weighted by Crippen LogP contribution is -2.47. The molecule has 0 unspecified atom stereocenters. The zero-order valence-corrected chi connectivity index (χ0v) is 14.8. The van der Waals surface area contributed by atoms with Gasteiger partial charge in [0.05, 0.1) is 11.4 Å². The second kappa shape index (κ2) is 6.56. The van der Waals surface area contributed by atoms with Crippen LogP contribution in [0.5, 0.6) is 0 Å². The molecule has 0 aromatic heterocycles. The van der Waals surface area contributed by atoms with Gasteiger partial charge in [-0.1, -0.05) is 60.7 Å². The first kappa shape index (κ1) is 16.1. The number of esters is 1. The van der Waals surface area contributed by atoms with Crippen LogP contribution in [0.3, 0.4) is 0 Å². The number of hydrogen-bond acceptors (Lipinski definition) is 4. The van der Waals surface area contributed by atoms with E-state index in [2.05, 4.69) is 17.6 Å². The van der Waals surface area contributed by atoms with Crippen LogP contribution in [0, 0.1) is 5.92 Å². The molecule has 0 bridgehead atoms. The first-order valence-corrected chi connectivity index (χ1v) is 9.26. The largest absolute Gasteiger partial charge is 0.456 e. The Morgan fingerprint density at radius 2 is 1.41 bits per heavy atom. The van der Waals surface area contributed by atoms with Crippen LogP contribution >= 0.6 is 0 Å². The summed E-state index contributed by atoms with van der Waals surface area (Å²) in [6.07, 6.45) is 0.696. The number of benzene rings is 3. The molecule has 0 saturated carbocycles. The van der Waals surface area contributed by atoms with Crippen molar-refractivity contribution in [2.75, 3.05) is 5.01 Å². The molecule has 0 radical (unpaired) electrons. The van der Waals surface area contributed by atoms with E-state index in [0.29, 0.717) is 0 Å². The summed E-state index contributed by atoms with van der Waals surface area (Å²) in [7, 11) is 0. The smallest absolute Gasteiger partial charge is 0.326 e. The highest BCUT2D eigenvalue weighted by molar-refractivity contribution is 5.80. The van der Waals surface area contributed by atoms with Gasteiger partial charge >= 0.3 is 5.97 Å². The second-order valence-electron chi connectivity index (χ2n) is 7.04. The lowest BCUT2D eigenvalue weighted by molar-refractivity contribution is -0.143. The molecular formula is C23H20N2O2. The topological polar surface area (TPSA) is 41.6 Å². The van der Waals surface area contributed by atoms with Gasteiger partial charge in [0.15, 0.2) is 0 Å². The number of para-hydroxylation sites is 2. The summed E-state index contributed by atoms with van der Waals surface area (Å²) < 4.78 is 5.77. The summed E-state index contributed by atoms with van der Waals surface area (Å²) in [4.78, 5) is 12.7. The van der Waals surface area contributed by atoms with Gasteiger partial charge in [-0.15, -0.1) is 0 Å². The maximum atomic E-state index is 12.7. The molecule has 0 spiro atoms. The van der Waals surface area contributed by atoms with E-state index >= 15 is 0 Å². The van der Waals surface area contributed by atoms with Crippen LogP contribution in [0.2, 0.25) is 0 Å². The Bertz CT molecular complexity index is 919. The first-order valence-electron chi connectivity index (χ1n) is 9.26. The predicted octanol–water partition coefficient (Wildman–Crippen LogP) is 4.17. The summed E-state index contributed by atoms with van der Waals surface area (Å²) >= 11 is 0. The molecule has 134 valence electrons. The van der Waals surface area contributed by atoms with Gasteiger partial charge in [-0.05, 0) is 41.8 Å². The fraction of sp³-hybridized carbons (Fsp3) is 0.174. The van der Waals surface area contributed by atoms with Gasteiger partial charge in [0.1, 0.15) is 12.1 Å². The van der Waals surface area contributed by atoms with Crippen molar-refractivity contribution in [2.24, 2.45) is 5.92 Å². The monoisotopic (exact) mass is 356 g/mol. The van der Waals surface area contributed by atoms with E-state index in [0.717, 1.165) is 23.4 Å². The summed E-state index contributed by atoms with van der Waals surface area (Å²) in [5.74, 6) is -0.0822. The minimum absolute atomic E-state index is 0.102. The van der Waals surface area contributed by atoms with Gasteiger partial charge in [0, 0.05) is 5.92 Å². The number of nitrogens with zero attached hydrogens (tertiary/aromatic N) is 1. The molecule has 1 fully saturated rings. The average molecular weight is 356 g/mol. The van der Waals surface area contributed by atoms with Crippen molar-refractivity contribution in [1.82, 2.24) is 5.43 Å². The van der Waals surface area contributed by atoms with Crippen LogP contribution in [-0.2, 0) is 16.0 Å². The number of fused-ring (bicyclic) bond motifs is 3. The number of rotatable bonds is 4. The van der Waals surface area contributed by atoms with Crippen LogP contribution < -0.4 is 10.4 Å². The van der Waals surface area contributed by atoms with E-state index in [1.807, 2.05) is 77.8 Å². The third-order valence-corrected chi connectivity index (χ3v) is 5.43. The van der Waals surface area contributed by atoms with Gasteiger partial charge < -0.3 is 4.74 Å². The minimum Gasteiger partial charge on any atom is -0.456 e. The molecule has 4 nitrogen and oxygen atoms in total. The van der Waals surface area contributed by atoms with E-state index in [4.69, 9.17) is 4.74 Å². The van der Waals surface area contributed by atoms with Gasteiger partial charge in [-0.3, -0.25) is 9.80 Å². The zero-order chi connectivity index (χ0) is 18.2. The fourth-order valence-corrected chi connectivity index (χ4v) is 4.15. The molecule has 1 aliphatic carbocycles. The molecule has 0 amide bonds. The lowest BCUT2D eigenvalue weighted by atomic mass is 9.98. The van der Waals surface area contributed by atoms with Crippen molar-refractivity contribution in [3.63, 3.8) is 0 Å². The Labute approximate surface area is 158 Å². The third-order valence-electron chi connectivity index (χ3n) is 5.43. The Morgan fingerprint density at radius 3 is 2.07 bits per heavy atom. The molecular weight excluding hydrogens is 336 g/mol. The highest BCUT2D eigenvalue weighted by atomic mass is 16.6. The van der Waals surface area contributed by atoms with Gasteiger partial charge in [-0.2, -0.15) is 0 Å². The number of hydrazine groups is 1. The van der Waals surface area contributed by atoms with E-state index in [-0.39, 0.29) is 24.0 Å². The van der Waals surface area contributed by atoms with Crippen molar-refractivity contribution >= 4 is 17.3 Å². The van der Waals surface area contributed by atoms with Crippen molar-refractivity contribution in [1.29, 1.82) is 0 Å². The third kappa shape index (κ3) is 2.78. The molecule has 3 aromatic carbocycles. The maximum absolute atomic E-state index is 12.7. The molecule has 4 heteroatoms. The van der Waals surface area contributed by atoms with Crippen LogP contribution in [0.25, 0.3) is 0 Å². The van der Waals surface area contributed by atoms with E-state index in [9.17, 15) is 4.79 Å². The summed E-state index contributed by atoms with van der Waals surface area (Å²) in [6, 6.07) is 27.9. The zero-order valence-electron chi connectivity index (χ0n) is 14.8. The molecule has 1 saturated heterocycles. The standard InChI is InChI=1S/C23H20N2O2/c26-23-21(20-15-16-9-7-8-14-19(16)22(20)27-23)24-25(17-10-3-1-4-11-17)18-12-5-2-6-13-18/h1-14,20-22,24H,15H2/t20-,21-,22-/m0/s1. The van der Waals surface area contributed by atoms with Crippen LogP contribution in [0.15, 0.2) is 84.9 Å². The number of ether oxygens (including phenoxy) is 1. The molecule has 2 aliphatic rings. The second-order valence-corrected chi connectivity index (χ2v) is 7.04. The summed E-state index contributed by atoms with van der Waals surface area (Å²) in [5.41, 5.74) is 7.85. The van der Waals surface area contributed by atoms with Crippen molar-refractivity contribution in [3.8, 4) is 0 Å². The molecule has 1 N–H and O–H groups in total. The summed E-state index contributed by atoms with van der Waals surface area (Å²) in [6.45, 7) is 0. The average Bonchev–Trinajstić information content (AvgIpc) is 3.22. The predicted molar refractivity (Wildman–Crippen MR) is 104 cm³/mol. The van der Waals surface area contributed by atoms with Crippen LogP contribution in [-0.4, -0.2) is 12.0 Å². The molecule has 1 aliphatic heterocycles. The first-order chi connectivity index (χ1) is 13.3. The lowest BCUT2D eigenvalue weighted by Gasteiger charge is -2.29. The maximum Gasteiger partial charge on any atom is 0.326 e. The SMILES string of the molecule is O=C1O[C@H]2c3ccccc3C[C@H]2[C@@H]1NN(c1ccccc1)c1ccccc1. The minimum atomic E-state index is -0.386. The van der Waals surface area contributed by atoms with Gasteiger partial charge in [0.2, 0.25) is 0 Å². The normalized spacial score (nSPS) is 22.8. The number of hydrogen-bond donors (Lipinski definition) is 1. The Morgan fingerprint density at radius 1 is 0.815 bits per heavy atom. The van der Waals surface area contributed by atoms with E-state index in [1.54, 1.807) is 0 Å². The highest BCUT2D eigenvalue weighted by Gasteiger charge is 2.50. The van der Waals surface area contributed by atoms with Gasteiger partial charge in [0.25, 0.3) is 0 Å². The molecule has 27 heavy (non-hydrogen) atoms. The highest BCUT2D eigenvalue weighted by Crippen LogP contribution is 2.45. The van der Waals surface area contributed by atoms with Crippen molar-refractivity contribution in [3.05, 3.63) is 96.1 Å². The Balaban J connectivity index is 1.48. The molecule has 3 aromatic rings. The quantitative estimate of drug-likeness (QED) is 0.563. The molecule has 1 heterocycles. The molecule has 3 atom stereocenters. The van der Waals surface area contributed by atoms with Crippen LogP contribution in [0.4, 0.5) is 11.4 Å². The van der Waals surface area contributed by atoms with E-state index < -0.39 is 0 Å². The fourth-order valence-electron chi connectivity index (χ4n) is 4.15. The number of carbonyl (C=O) groups excluding carboxylic acids is 1. The number of nitrogens with one attached hydrogen (secondary N) is 1. The van der Waals surface area contributed by atoms with Crippen molar-refractivity contribution in [2.45, 2.75) is 18.6 Å². The van der Waals surface area contributed by atoms with Crippen molar-refractivity contribution < 1.29 is 9.53 Å². The number of anilines is 2. The summed E-state index contributed by atoms with van der Waals surface area (Å²) in [5, 5.41) is 1.98. The Kier molecular flexibility index (Phi) is 3.91. The van der Waals surface area contributed by atoms with E-state index in [1.165, 1.54) is 5.56 Å². The number of carbonyl (C=O) groups is 1. The van der Waals surface area contributed by atoms with Gasteiger partial charge in [-0.25, -0.2) is 5.43 Å². The molecule has 5 rings (SSSR count).